The summed E-state index contributed by atoms with van der Waals surface area (Å²) in [6.07, 6.45) is 4.11. The highest BCUT2D eigenvalue weighted by Crippen LogP contribution is 2.42. The number of hydrogen-bond donors (Lipinski definition) is 1. The Hall–Kier alpha value is -3.93. The molecule has 0 saturated carbocycles. The van der Waals surface area contributed by atoms with Gasteiger partial charge in [-0.05, 0) is 78.8 Å². The van der Waals surface area contributed by atoms with Gasteiger partial charge in [0.05, 0.1) is 18.7 Å². The quantitative estimate of drug-likeness (QED) is 0.326. The third-order valence-electron chi connectivity index (χ3n) is 6.58. The standard InChI is InChI=1S/C28H24FNO4/c1-34-23-13-11-18(12-14-23)25-24(26(31)20-10-9-17-5-2-3-6-19(17)15-20)27(32)28(33)30(25)22-8-4-7-21(29)16-22/h4,7-16,25,31H,2-3,5-6H2,1H3/b26-24-. The topological polar surface area (TPSA) is 66.8 Å². The Morgan fingerprint density at radius 1 is 0.971 bits per heavy atom. The van der Waals surface area contributed by atoms with Gasteiger partial charge < -0.3 is 9.84 Å². The first-order chi connectivity index (χ1) is 16.5. The van der Waals surface area contributed by atoms with Crippen molar-refractivity contribution in [2.75, 3.05) is 12.0 Å². The lowest BCUT2D eigenvalue weighted by Crippen LogP contribution is -2.29. The van der Waals surface area contributed by atoms with Gasteiger partial charge >= 0.3 is 0 Å². The van der Waals surface area contributed by atoms with Gasteiger partial charge in [0, 0.05) is 11.3 Å². The maximum atomic E-state index is 14.1. The average molecular weight is 458 g/mol. The Kier molecular flexibility index (Phi) is 5.65. The van der Waals surface area contributed by atoms with E-state index >= 15 is 0 Å². The van der Waals surface area contributed by atoms with E-state index in [0.29, 0.717) is 16.9 Å². The fraction of sp³-hybridized carbons (Fsp3) is 0.214. The molecule has 2 aliphatic rings. The minimum absolute atomic E-state index is 0.0183. The zero-order valence-corrected chi connectivity index (χ0v) is 18.8. The average Bonchev–Trinajstić information content (AvgIpc) is 3.13. The predicted molar refractivity (Wildman–Crippen MR) is 127 cm³/mol. The fourth-order valence-corrected chi connectivity index (χ4v) is 4.86. The van der Waals surface area contributed by atoms with Crippen LogP contribution in [0.25, 0.3) is 5.76 Å². The van der Waals surface area contributed by atoms with E-state index in [1.54, 1.807) is 43.5 Å². The molecule has 1 unspecified atom stereocenters. The Morgan fingerprint density at radius 3 is 2.41 bits per heavy atom. The lowest BCUT2D eigenvalue weighted by atomic mass is 9.88. The number of amides is 1. The number of ether oxygens (including phenoxy) is 1. The van der Waals surface area contributed by atoms with E-state index < -0.39 is 23.5 Å². The van der Waals surface area contributed by atoms with Gasteiger partial charge in [0.2, 0.25) is 0 Å². The molecule has 3 aromatic carbocycles. The van der Waals surface area contributed by atoms with E-state index in [1.807, 2.05) is 12.1 Å². The first-order valence-corrected chi connectivity index (χ1v) is 11.3. The molecular weight excluding hydrogens is 433 g/mol. The van der Waals surface area contributed by atoms with Crippen LogP contribution in [0.3, 0.4) is 0 Å². The Labute approximate surface area is 197 Å². The van der Waals surface area contributed by atoms with Gasteiger partial charge in [-0.15, -0.1) is 0 Å². The van der Waals surface area contributed by atoms with Crippen LogP contribution in [-0.4, -0.2) is 23.9 Å². The molecule has 0 bridgehead atoms. The second-order valence-electron chi connectivity index (χ2n) is 8.61. The summed E-state index contributed by atoms with van der Waals surface area (Å²) in [5.41, 5.74) is 3.72. The number of carbonyl (C=O) groups excluding carboxylic acids is 2. The molecular formula is C28H24FNO4. The summed E-state index contributed by atoms with van der Waals surface area (Å²) in [7, 11) is 1.55. The molecule has 1 saturated heterocycles. The number of rotatable bonds is 4. The molecule has 1 aliphatic carbocycles. The van der Waals surface area contributed by atoms with Crippen molar-refractivity contribution in [3.63, 3.8) is 0 Å². The van der Waals surface area contributed by atoms with E-state index in [4.69, 9.17) is 4.74 Å². The van der Waals surface area contributed by atoms with E-state index in [2.05, 4.69) is 0 Å². The highest BCUT2D eigenvalue weighted by Gasteiger charge is 2.47. The van der Waals surface area contributed by atoms with Gasteiger partial charge in [-0.1, -0.05) is 30.3 Å². The molecule has 34 heavy (non-hydrogen) atoms. The van der Waals surface area contributed by atoms with Crippen molar-refractivity contribution in [1.82, 2.24) is 0 Å². The molecule has 5 nitrogen and oxygen atoms in total. The maximum absolute atomic E-state index is 14.1. The summed E-state index contributed by atoms with van der Waals surface area (Å²) in [6.45, 7) is 0. The molecule has 0 spiro atoms. The van der Waals surface area contributed by atoms with Gasteiger partial charge in [0.15, 0.2) is 0 Å². The number of anilines is 1. The van der Waals surface area contributed by atoms with E-state index in [1.165, 1.54) is 28.7 Å². The van der Waals surface area contributed by atoms with Crippen molar-refractivity contribution in [2.45, 2.75) is 31.7 Å². The van der Waals surface area contributed by atoms with Crippen LogP contribution in [0.5, 0.6) is 5.75 Å². The molecule has 1 N–H and O–H groups in total. The van der Waals surface area contributed by atoms with Crippen molar-refractivity contribution in [3.8, 4) is 5.75 Å². The van der Waals surface area contributed by atoms with Crippen LogP contribution in [0.15, 0.2) is 72.3 Å². The molecule has 6 heteroatoms. The minimum Gasteiger partial charge on any atom is -0.507 e. The van der Waals surface area contributed by atoms with Crippen LogP contribution in [0.2, 0.25) is 0 Å². The van der Waals surface area contributed by atoms with Gasteiger partial charge in [0.25, 0.3) is 11.7 Å². The molecule has 172 valence electrons. The number of ketones is 1. The van der Waals surface area contributed by atoms with Crippen LogP contribution in [0.4, 0.5) is 10.1 Å². The number of aryl methyl sites for hydroxylation is 2. The number of aliphatic hydroxyl groups is 1. The SMILES string of the molecule is COc1ccc(C2/C(=C(/O)c3ccc4c(c3)CCCC4)C(=O)C(=O)N2c2cccc(F)c2)cc1. The predicted octanol–water partition coefficient (Wildman–Crippen LogP) is 5.34. The van der Waals surface area contributed by atoms with Gasteiger partial charge in [-0.3, -0.25) is 14.5 Å². The van der Waals surface area contributed by atoms with Crippen molar-refractivity contribution < 1.29 is 23.8 Å². The van der Waals surface area contributed by atoms with Crippen LogP contribution >= 0.6 is 0 Å². The number of fused-ring (bicyclic) bond motifs is 1. The van der Waals surface area contributed by atoms with Crippen molar-refractivity contribution in [3.05, 3.63) is 100 Å². The number of carbonyl (C=O) groups is 2. The monoisotopic (exact) mass is 457 g/mol. The fourth-order valence-electron chi connectivity index (χ4n) is 4.86. The van der Waals surface area contributed by atoms with E-state index in [0.717, 1.165) is 31.2 Å². The Morgan fingerprint density at radius 2 is 1.71 bits per heavy atom. The number of nitrogens with zero attached hydrogens (tertiary/aromatic N) is 1. The summed E-state index contributed by atoms with van der Waals surface area (Å²) < 4.78 is 19.3. The number of halogens is 1. The molecule has 0 aromatic heterocycles. The largest absolute Gasteiger partial charge is 0.507 e. The molecule has 5 rings (SSSR count). The van der Waals surface area contributed by atoms with Crippen molar-refractivity contribution in [1.29, 1.82) is 0 Å². The van der Waals surface area contributed by atoms with Crippen molar-refractivity contribution in [2.24, 2.45) is 0 Å². The maximum Gasteiger partial charge on any atom is 0.300 e. The first-order valence-electron chi connectivity index (χ1n) is 11.3. The molecule has 3 aromatic rings. The lowest BCUT2D eigenvalue weighted by molar-refractivity contribution is -0.132. The lowest BCUT2D eigenvalue weighted by Gasteiger charge is -2.25. The third-order valence-corrected chi connectivity index (χ3v) is 6.58. The zero-order chi connectivity index (χ0) is 23.8. The Balaban J connectivity index is 1.69. The second kappa shape index (κ2) is 8.78. The Bertz CT molecular complexity index is 1310. The number of aliphatic hydroxyl groups excluding tert-OH is 1. The smallest absolute Gasteiger partial charge is 0.300 e. The molecule has 1 fully saturated rings. The molecule has 1 heterocycles. The molecule has 1 atom stereocenters. The highest BCUT2D eigenvalue weighted by molar-refractivity contribution is 6.51. The van der Waals surface area contributed by atoms with Crippen LogP contribution in [0.1, 0.15) is 41.1 Å². The zero-order valence-electron chi connectivity index (χ0n) is 18.8. The van der Waals surface area contributed by atoms with Gasteiger partial charge in [-0.2, -0.15) is 0 Å². The van der Waals surface area contributed by atoms with Crippen molar-refractivity contribution >= 4 is 23.1 Å². The number of benzene rings is 3. The van der Waals surface area contributed by atoms with Crippen LogP contribution in [0, 0.1) is 5.82 Å². The number of hydrogen-bond acceptors (Lipinski definition) is 4. The van der Waals surface area contributed by atoms with E-state index in [-0.39, 0.29) is 17.0 Å². The normalized spacial score (nSPS) is 19.2. The molecule has 1 aliphatic heterocycles. The number of methoxy groups -OCH3 is 1. The highest BCUT2D eigenvalue weighted by atomic mass is 19.1. The van der Waals surface area contributed by atoms with Gasteiger partial charge in [0.1, 0.15) is 17.3 Å². The molecule has 0 radical (unpaired) electrons. The first kappa shape index (κ1) is 21.9. The summed E-state index contributed by atoms with van der Waals surface area (Å²) in [6, 6.07) is 17.2. The summed E-state index contributed by atoms with van der Waals surface area (Å²) >= 11 is 0. The van der Waals surface area contributed by atoms with Crippen LogP contribution < -0.4 is 9.64 Å². The van der Waals surface area contributed by atoms with Gasteiger partial charge in [-0.25, -0.2) is 4.39 Å². The summed E-state index contributed by atoms with van der Waals surface area (Å²) in [4.78, 5) is 27.7. The van der Waals surface area contributed by atoms with E-state index in [9.17, 15) is 19.1 Å². The third kappa shape index (κ3) is 3.75. The minimum atomic E-state index is -0.913. The molecule has 1 amide bonds. The van der Waals surface area contributed by atoms with Crippen LogP contribution in [-0.2, 0) is 22.4 Å². The second-order valence-corrected chi connectivity index (χ2v) is 8.61. The summed E-state index contributed by atoms with van der Waals surface area (Å²) in [5, 5.41) is 11.3. The summed E-state index contributed by atoms with van der Waals surface area (Å²) in [5.74, 6) is -1.76. The number of Topliss-reactive ketones (excluding diaryl/α,β-unsaturated/α-hetero) is 1.